The molecule has 0 saturated carbocycles. The highest BCUT2D eigenvalue weighted by Gasteiger charge is 2.06. The largest absolute Gasteiger partial charge is 0.334 e. The summed E-state index contributed by atoms with van der Waals surface area (Å²) in [6.07, 6.45) is 5.25. The number of hydrogen-bond donors (Lipinski definition) is 2. The number of rotatable bonds is 5. The molecule has 0 atom stereocenters. The van der Waals surface area contributed by atoms with E-state index in [2.05, 4.69) is 20.7 Å². The van der Waals surface area contributed by atoms with Gasteiger partial charge in [0.1, 0.15) is 0 Å². The highest BCUT2D eigenvalue weighted by atomic mass is 35.5. The number of carbonyl (C=O) groups excluding carboxylic acids is 1. The van der Waals surface area contributed by atoms with E-state index in [1.165, 1.54) is 0 Å². The van der Waals surface area contributed by atoms with E-state index in [1.54, 1.807) is 35.4 Å². The minimum Gasteiger partial charge on any atom is -0.334 e. The maximum Gasteiger partial charge on any atom is 0.315 e. The fourth-order valence-corrected chi connectivity index (χ4v) is 2.54. The number of hydrogen-bond acceptors (Lipinski definition) is 3. The topological polar surface area (TPSA) is 71.8 Å². The van der Waals surface area contributed by atoms with Crippen LogP contribution in [0.25, 0.3) is 11.3 Å². The van der Waals surface area contributed by atoms with Gasteiger partial charge in [0.25, 0.3) is 0 Å². The summed E-state index contributed by atoms with van der Waals surface area (Å²) in [6.45, 7) is 0.835. The molecule has 6 nitrogen and oxygen atoms in total. The number of aryl methyl sites for hydroxylation is 1. The summed E-state index contributed by atoms with van der Waals surface area (Å²) in [6, 6.07) is 11.0. The van der Waals surface area contributed by atoms with Crippen molar-refractivity contribution in [1.82, 2.24) is 25.4 Å². The summed E-state index contributed by atoms with van der Waals surface area (Å²) in [7, 11) is 1.88. The molecule has 0 aliphatic carbocycles. The Morgan fingerprint density at radius 1 is 1.08 bits per heavy atom. The molecule has 0 saturated heterocycles. The number of nitrogens with zero attached hydrogens (tertiary/aromatic N) is 3. The van der Waals surface area contributed by atoms with Gasteiger partial charge in [0, 0.05) is 49.3 Å². The quantitative estimate of drug-likeness (QED) is 0.738. The van der Waals surface area contributed by atoms with Gasteiger partial charge in [-0.3, -0.25) is 9.67 Å². The first-order chi connectivity index (χ1) is 12.1. The summed E-state index contributed by atoms with van der Waals surface area (Å²) in [5.74, 6) is 0. The molecule has 2 amide bonds. The molecule has 0 radical (unpaired) electrons. The molecule has 3 aromatic rings. The normalized spacial score (nSPS) is 10.5. The van der Waals surface area contributed by atoms with Crippen LogP contribution in [-0.2, 0) is 20.1 Å². The minimum atomic E-state index is -0.235. The first kappa shape index (κ1) is 17.0. The lowest BCUT2D eigenvalue weighted by molar-refractivity contribution is 0.240. The molecular formula is C18H18ClN5O. The van der Waals surface area contributed by atoms with E-state index in [-0.39, 0.29) is 6.03 Å². The van der Waals surface area contributed by atoms with Crippen molar-refractivity contribution >= 4 is 17.6 Å². The standard InChI is InChI=1S/C18H18ClN5O/c1-24-17(6-7-23-24)15-8-14(9-20-12-15)11-22-18(25)21-10-13-2-4-16(19)5-3-13/h2-9,12H,10-11H2,1H3,(H2,21,22,25). The second-order valence-electron chi connectivity index (χ2n) is 5.58. The molecule has 0 fully saturated rings. The van der Waals surface area contributed by atoms with Crippen molar-refractivity contribution in [2.45, 2.75) is 13.1 Å². The van der Waals surface area contributed by atoms with E-state index in [0.717, 1.165) is 22.4 Å². The van der Waals surface area contributed by atoms with Crippen LogP contribution in [0, 0.1) is 0 Å². The number of aromatic nitrogens is 3. The monoisotopic (exact) mass is 355 g/mol. The predicted molar refractivity (Wildman–Crippen MR) is 97.0 cm³/mol. The Morgan fingerprint density at radius 2 is 1.80 bits per heavy atom. The van der Waals surface area contributed by atoms with Crippen molar-refractivity contribution in [3.05, 3.63) is 71.1 Å². The van der Waals surface area contributed by atoms with Gasteiger partial charge in [0.2, 0.25) is 0 Å². The minimum absolute atomic E-state index is 0.235. The number of urea groups is 1. The summed E-state index contributed by atoms with van der Waals surface area (Å²) in [5.41, 5.74) is 3.84. The predicted octanol–water partition coefficient (Wildman–Crippen LogP) is 3.13. The van der Waals surface area contributed by atoms with Crippen LogP contribution < -0.4 is 10.6 Å². The van der Waals surface area contributed by atoms with Gasteiger partial charge in [0.15, 0.2) is 0 Å². The van der Waals surface area contributed by atoms with Crippen molar-refractivity contribution in [1.29, 1.82) is 0 Å². The average Bonchev–Trinajstić information content (AvgIpc) is 3.06. The number of halogens is 1. The van der Waals surface area contributed by atoms with Crippen molar-refractivity contribution in [2.75, 3.05) is 0 Å². The molecule has 0 unspecified atom stereocenters. The maximum atomic E-state index is 11.9. The molecule has 7 heteroatoms. The van der Waals surface area contributed by atoms with Crippen LogP contribution in [0.2, 0.25) is 5.02 Å². The number of benzene rings is 1. The molecule has 2 aromatic heterocycles. The summed E-state index contributed by atoms with van der Waals surface area (Å²) >= 11 is 5.84. The molecule has 0 spiro atoms. The lowest BCUT2D eigenvalue weighted by atomic mass is 10.1. The number of pyridine rings is 1. The highest BCUT2D eigenvalue weighted by molar-refractivity contribution is 6.30. The summed E-state index contributed by atoms with van der Waals surface area (Å²) in [4.78, 5) is 16.2. The van der Waals surface area contributed by atoms with Crippen LogP contribution in [0.5, 0.6) is 0 Å². The van der Waals surface area contributed by atoms with Gasteiger partial charge in [-0.15, -0.1) is 0 Å². The molecule has 3 rings (SSSR count). The third-order valence-corrected chi connectivity index (χ3v) is 3.98. The zero-order valence-electron chi connectivity index (χ0n) is 13.7. The van der Waals surface area contributed by atoms with Gasteiger partial charge in [-0.05, 0) is 35.4 Å². The fourth-order valence-electron chi connectivity index (χ4n) is 2.41. The molecule has 0 aliphatic heterocycles. The van der Waals surface area contributed by atoms with Crippen molar-refractivity contribution in [3.8, 4) is 11.3 Å². The zero-order valence-corrected chi connectivity index (χ0v) is 14.5. The molecule has 0 aliphatic rings. The van der Waals surface area contributed by atoms with Gasteiger partial charge in [-0.25, -0.2) is 4.79 Å². The number of nitrogens with one attached hydrogen (secondary N) is 2. The first-order valence-electron chi connectivity index (χ1n) is 7.80. The van der Waals surface area contributed by atoms with Gasteiger partial charge >= 0.3 is 6.03 Å². The van der Waals surface area contributed by atoms with E-state index in [4.69, 9.17) is 11.6 Å². The SMILES string of the molecule is Cn1nccc1-c1cncc(CNC(=O)NCc2ccc(Cl)cc2)c1. The second kappa shape index (κ2) is 7.81. The van der Waals surface area contributed by atoms with E-state index in [1.807, 2.05) is 31.3 Å². The maximum absolute atomic E-state index is 11.9. The van der Waals surface area contributed by atoms with E-state index in [0.29, 0.717) is 18.1 Å². The molecule has 128 valence electrons. The molecule has 2 N–H and O–H groups in total. The van der Waals surface area contributed by atoms with Crippen LogP contribution in [0.15, 0.2) is 55.0 Å². The Bertz CT molecular complexity index is 860. The van der Waals surface area contributed by atoms with Gasteiger partial charge in [-0.2, -0.15) is 5.10 Å². The van der Waals surface area contributed by atoms with Gasteiger partial charge < -0.3 is 10.6 Å². The highest BCUT2D eigenvalue weighted by Crippen LogP contribution is 2.18. The van der Waals surface area contributed by atoms with Gasteiger partial charge in [-0.1, -0.05) is 23.7 Å². The molecule has 2 heterocycles. The van der Waals surface area contributed by atoms with E-state index in [9.17, 15) is 4.79 Å². The third-order valence-electron chi connectivity index (χ3n) is 3.73. The summed E-state index contributed by atoms with van der Waals surface area (Å²) in [5, 5.41) is 10.5. The van der Waals surface area contributed by atoms with E-state index < -0.39 is 0 Å². The Balaban J connectivity index is 1.54. The van der Waals surface area contributed by atoms with Crippen molar-refractivity contribution < 1.29 is 4.79 Å². The zero-order chi connectivity index (χ0) is 17.6. The number of carbonyl (C=O) groups is 1. The fraction of sp³-hybridized carbons (Fsp3) is 0.167. The van der Waals surface area contributed by atoms with Crippen LogP contribution >= 0.6 is 11.6 Å². The molecule has 25 heavy (non-hydrogen) atoms. The van der Waals surface area contributed by atoms with Crippen LogP contribution in [0.4, 0.5) is 4.79 Å². The van der Waals surface area contributed by atoms with E-state index >= 15 is 0 Å². The molecule has 0 bridgehead atoms. The smallest absolute Gasteiger partial charge is 0.315 e. The van der Waals surface area contributed by atoms with Crippen LogP contribution in [0.3, 0.4) is 0 Å². The molecular weight excluding hydrogens is 338 g/mol. The van der Waals surface area contributed by atoms with Gasteiger partial charge in [0.05, 0.1) is 5.69 Å². The van der Waals surface area contributed by atoms with Crippen molar-refractivity contribution in [2.24, 2.45) is 7.05 Å². The van der Waals surface area contributed by atoms with Crippen LogP contribution in [0.1, 0.15) is 11.1 Å². The first-order valence-corrected chi connectivity index (χ1v) is 8.18. The lowest BCUT2D eigenvalue weighted by Crippen LogP contribution is -2.34. The third kappa shape index (κ3) is 4.58. The Kier molecular flexibility index (Phi) is 5.30. The number of amides is 2. The Labute approximate surface area is 150 Å². The lowest BCUT2D eigenvalue weighted by Gasteiger charge is -2.09. The Morgan fingerprint density at radius 3 is 2.48 bits per heavy atom. The second-order valence-corrected chi connectivity index (χ2v) is 6.02. The summed E-state index contributed by atoms with van der Waals surface area (Å²) < 4.78 is 1.78. The average molecular weight is 356 g/mol. The Hall–Kier alpha value is -2.86. The van der Waals surface area contributed by atoms with Crippen molar-refractivity contribution in [3.63, 3.8) is 0 Å². The molecule has 1 aromatic carbocycles. The van der Waals surface area contributed by atoms with Crippen LogP contribution in [-0.4, -0.2) is 20.8 Å².